The van der Waals surface area contributed by atoms with Gasteiger partial charge in [-0.1, -0.05) is 0 Å². The van der Waals surface area contributed by atoms with E-state index < -0.39 is 80.7 Å². The number of rotatable bonds is 9. The maximum absolute atomic E-state index is 11.0. The van der Waals surface area contributed by atoms with E-state index in [-0.39, 0.29) is 0 Å². The van der Waals surface area contributed by atoms with Crippen molar-refractivity contribution < 1.29 is 62.2 Å². The van der Waals surface area contributed by atoms with Crippen molar-refractivity contribution in [1.82, 2.24) is 4.72 Å². The second-order valence-corrected chi connectivity index (χ2v) is 8.73. The number of aliphatic hydroxyl groups excluding tert-OH is 2. The van der Waals surface area contributed by atoms with Crippen molar-refractivity contribution in [2.24, 2.45) is 5.92 Å². The lowest BCUT2D eigenvalue weighted by Crippen LogP contribution is -2.62. The van der Waals surface area contributed by atoms with Crippen molar-refractivity contribution in [2.45, 2.75) is 37.4 Å². The third-order valence-electron chi connectivity index (χ3n) is 3.49. The Morgan fingerprint density at radius 1 is 1.11 bits per heavy atom. The van der Waals surface area contributed by atoms with Gasteiger partial charge in [0.25, 0.3) is 0 Å². The van der Waals surface area contributed by atoms with E-state index in [0.717, 1.165) is 6.92 Å². The van der Waals surface area contributed by atoms with Crippen molar-refractivity contribution in [3.8, 4) is 0 Å². The number of ether oxygens (including phenoxy) is 1. The molecule has 1 saturated heterocycles. The van der Waals surface area contributed by atoms with E-state index in [0.29, 0.717) is 0 Å². The Labute approximate surface area is 155 Å². The summed E-state index contributed by atoms with van der Waals surface area (Å²) in [6.45, 7) is -0.898. The standard InChI is InChI=1S/C9H19NO14S3/c1-4(11)8(12)7-6(3-23-26(16,17)18)22-2-5(10-25(13,14)15)9(7)24-27(19,20)21/h4-12H,2-3H2,1H3,(H,13,14,15)(H,16,17,18)(H,19,20,21)/p-3/t4?,5?,6?,7-,8?,9-/m1/s1. The van der Waals surface area contributed by atoms with Crippen LogP contribution in [0.5, 0.6) is 0 Å². The molecule has 1 rings (SSSR count). The minimum atomic E-state index is -5.53. The normalized spacial score (nSPS) is 30.0. The number of hydrogen-bond acceptors (Lipinski definition) is 14. The topological polar surface area (TPSA) is 252 Å². The zero-order valence-corrected chi connectivity index (χ0v) is 15.8. The molecule has 15 nitrogen and oxygen atoms in total. The minimum Gasteiger partial charge on any atom is -0.735 e. The van der Waals surface area contributed by atoms with Crippen LogP contribution in [0.15, 0.2) is 0 Å². The van der Waals surface area contributed by atoms with Crippen LogP contribution in [-0.4, -0.2) is 92.8 Å². The lowest BCUT2D eigenvalue weighted by molar-refractivity contribution is -0.163. The fourth-order valence-corrected chi connectivity index (χ4v) is 3.92. The molecule has 0 radical (unpaired) electrons. The third kappa shape index (κ3) is 8.58. The average Bonchev–Trinajstić information content (AvgIpc) is 2.42. The van der Waals surface area contributed by atoms with Gasteiger partial charge in [-0.05, 0) is 6.92 Å². The molecule has 1 aliphatic heterocycles. The van der Waals surface area contributed by atoms with E-state index in [4.69, 9.17) is 4.74 Å². The molecule has 0 spiro atoms. The van der Waals surface area contributed by atoms with Crippen LogP contribution in [0.4, 0.5) is 0 Å². The zero-order valence-electron chi connectivity index (χ0n) is 13.4. The van der Waals surface area contributed by atoms with Crippen LogP contribution in [0, 0.1) is 5.92 Å². The molecular weight excluding hydrogens is 442 g/mol. The first-order chi connectivity index (χ1) is 12.0. The van der Waals surface area contributed by atoms with E-state index in [1.54, 1.807) is 0 Å². The molecule has 27 heavy (non-hydrogen) atoms. The quantitative estimate of drug-likeness (QED) is 0.217. The van der Waals surface area contributed by atoms with Crippen LogP contribution in [0.25, 0.3) is 0 Å². The molecule has 162 valence electrons. The molecular formula is C9H16NO14S3-3. The van der Waals surface area contributed by atoms with E-state index in [2.05, 4.69) is 8.37 Å². The summed E-state index contributed by atoms with van der Waals surface area (Å²) in [7, 11) is -16.0. The van der Waals surface area contributed by atoms with Gasteiger partial charge in [-0.2, -0.15) is 0 Å². The summed E-state index contributed by atoms with van der Waals surface area (Å²) in [5, 5.41) is 19.6. The zero-order chi connectivity index (χ0) is 21.2. The molecule has 1 fully saturated rings. The molecule has 0 bridgehead atoms. The number of nitrogens with one attached hydrogen (secondary N) is 1. The number of aliphatic hydroxyl groups is 2. The predicted octanol–water partition coefficient (Wildman–Crippen LogP) is -4.52. The van der Waals surface area contributed by atoms with E-state index in [1.165, 1.54) is 4.72 Å². The largest absolute Gasteiger partial charge is 0.735 e. The van der Waals surface area contributed by atoms with Crippen LogP contribution in [-0.2, 0) is 44.2 Å². The highest BCUT2D eigenvalue weighted by molar-refractivity contribution is 7.83. The monoisotopic (exact) mass is 458 g/mol. The molecule has 0 aromatic heterocycles. The van der Waals surface area contributed by atoms with Crippen LogP contribution < -0.4 is 4.72 Å². The molecule has 1 heterocycles. The maximum atomic E-state index is 11.0. The van der Waals surface area contributed by atoms with Crippen LogP contribution >= 0.6 is 0 Å². The molecule has 0 saturated carbocycles. The van der Waals surface area contributed by atoms with Crippen molar-refractivity contribution in [1.29, 1.82) is 0 Å². The highest BCUT2D eigenvalue weighted by atomic mass is 32.3. The van der Waals surface area contributed by atoms with Crippen molar-refractivity contribution in [3.63, 3.8) is 0 Å². The van der Waals surface area contributed by atoms with E-state index in [9.17, 15) is 49.1 Å². The first-order valence-corrected chi connectivity index (χ1v) is 11.0. The maximum Gasteiger partial charge on any atom is 0.217 e. The van der Waals surface area contributed by atoms with Gasteiger partial charge in [0.15, 0.2) is 10.3 Å². The van der Waals surface area contributed by atoms with Gasteiger partial charge in [-0.3, -0.25) is 8.37 Å². The van der Waals surface area contributed by atoms with Gasteiger partial charge in [-0.15, -0.1) is 0 Å². The van der Waals surface area contributed by atoms with E-state index in [1.807, 2.05) is 0 Å². The molecule has 6 atom stereocenters. The van der Waals surface area contributed by atoms with Crippen molar-refractivity contribution in [3.05, 3.63) is 0 Å². The predicted molar refractivity (Wildman–Crippen MR) is 77.8 cm³/mol. The Kier molecular flexibility index (Phi) is 8.07. The summed E-state index contributed by atoms with van der Waals surface area (Å²) in [5.74, 6) is -1.80. The summed E-state index contributed by atoms with van der Waals surface area (Å²) in [5.41, 5.74) is 0. The molecule has 1 aliphatic rings. The molecule has 0 aliphatic carbocycles. The minimum absolute atomic E-state index is 0.822. The molecule has 0 aromatic carbocycles. The van der Waals surface area contributed by atoms with Gasteiger partial charge >= 0.3 is 0 Å². The Morgan fingerprint density at radius 3 is 2.07 bits per heavy atom. The molecule has 4 unspecified atom stereocenters. The molecule has 0 aromatic rings. The van der Waals surface area contributed by atoms with Crippen molar-refractivity contribution >= 4 is 31.1 Å². The Morgan fingerprint density at radius 2 is 1.67 bits per heavy atom. The fraction of sp³-hybridized carbons (Fsp3) is 1.00. The smallest absolute Gasteiger partial charge is 0.217 e. The van der Waals surface area contributed by atoms with Crippen molar-refractivity contribution in [2.75, 3.05) is 13.2 Å². The summed E-state index contributed by atoms with van der Waals surface area (Å²) >= 11 is 0. The van der Waals surface area contributed by atoms with Gasteiger partial charge < -0.3 is 28.6 Å². The van der Waals surface area contributed by atoms with Gasteiger partial charge in [0.1, 0.15) is 6.10 Å². The summed E-state index contributed by atoms with van der Waals surface area (Å²) in [6.07, 6.45) is -7.36. The third-order valence-corrected chi connectivity index (χ3v) is 4.96. The Bertz CT molecular complexity index is 805. The van der Waals surface area contributed by atoms with Crippen LogP contribution in [0.3, 0.4) is 0 Å². The number of hydrogen-bond donors (Lipinski definition) is 3. The lowest BCUT2D eigenvalue weighted by Gasteiger charge is -2.45. The molecule has 18 heteroatoms. The lowest BCUT2D eigenvalue weighted by atomic mass is 9.83. The highest BCUT2D eigenvalue weighted by Gasteiger charge is 2.48. The molecule has 3 N–H and O–H groups in total. The fourth-order valence-electron chi connectivity index (χ4n) is 2.51. The first kappa shape index (κ1) is 24.5. The summed E-state index contributed by atoms with van der Waals surface area (Å²) < 4.78 is 112. The second-order valence-electron chi connectivity index (χ2n) is 5.52. The van der Waals surface area contributed by atoms with E-state index >= 15 is 0 Å². The van der Waals surface area contributed by atoms with Gasteiger partial charge in [-0.25, -0.2) is 30.0 Å². The Balaban J connectivity index is 3.30. The highest BCUT2D eigenvalue weighted by Crippen LogP contribution is 2.31. The van der Waals surface area contributed by atoms with Gasteiger partial charge in [0.05, 0.1) is 37.6 Å². The van der Waals surface area contributed by atoms with Gasteiger partial charge in [0, 0.05) is 5.92 Å². The van der Waals surface area contributed by atoms with Crippen LogP contribution in [0.2, 0.25) is 0 Å². The summed E-state index contributed by atoms with van der Waals surface area (Å²) in [4.78, 5) is 0. The Hall–Kier alpha value is -0.510. The summed E-state index contributed by atoms with van der Waals surface area (Å²) in [6, 6.07) is -1.81. The van der Waals surface area contributed by atoms with Crippen LogP contribution in [0.1, 0.15) is 6.92 Å². The molecule has 0 amide bonds. The average molecular weight is 458 g/mol. The second kappa shape index (κ2) is 8.88. The SMILES string of the molecule is CC(O)C(O)[C@H]1C(COS(=O)(=O)[O-])OCC(NS(=O)(=O)[O-])[C@H]1OS(=O)(=O)[O-]. The first-order valence-electron chi connectivity index (χ1n) is 6.95. The van der Waals surface area contributed by atoms with Gasteiger partial charge in [0.2, 0.25) is 20.8 Å².